The van der Waals surface area contributed by atoms with E-state index in [2.05, 4.69) is 46.0 Å². The van der Waals surface area contributed by atoms with Gasteiger partial charge in [-0.2, -0.15) is 10.2 Å². The first kappa shape index (κ1) is 34.6. The smallest absolute Gasteiger partial charge is 0.165 e. The van der Waals surface area contributed by atoms with Crippen molar-refractivity contribution in [1.29, 1.82) is 0 Å². The van der Waals surface area contributed by atoms with Gasteiger partial charge in [-0.3, -0.25) is 9.36 Å². The van der Waals surface area contributed by atoms with Gasteiger partial charge >= 0.3 is 0 Å². The number of benzene rings is 2. The van der Waals surface area contributed by atoms with Crippen LogP contribution >= 0.6 is 0 Å². The summed E-state index contributed by atoms with van der Waals surface area (Å²) in [6, 6.07) is 14.6. The molecular weight excluding hydrogens is 598 g/mol. The predicted molar refractivity (Wildman–Crippen MR) is 182 cm³/mol. The standard InChI is InChI=1S/C19H26FN3O.C18H24FN3O/c1-3-23-18(15-7-9-21-10-8-15)13-16(22-23)11-14-5-6-19(24-4-2)17(20)12-14;1-3-22-17(14-6-8-20-9-7-14)12-15(21-22)10-13-4-5-16(19)18(11-13)23-2/h5-6,12-13,15,21H,3-4,7-11H2,1-2H3;4-5,11-12,14,20H,3,6-10H2,1-2H3. The van der Waals surface area contributed by atoms with Crippen molar-refractivity contribution >= 4 is 0 Å². The molecule has 0 aliphatic carbocycles. The fraction of sp³-hybridized carbons (Fsp3) is 0.514. The molecule has 4 heterocycles. The van der Waals surface area contributed by atoms with Gasteiger partial charge in [0.15, 0.2) is 23.1 Å². The summed E-state index contributed by atoms with van der Waals surface area (Å²) in [6.45, 7) is 12.6. The first-order valence-corrected chi connectivity index (χ1v) is 17.2. The van der Waals surface area contributed by atoms with E-state index >= 15 is 0 Å². The van der Waals surface area contributed by atoms with Crippen LogP contribution in [0.4, 0.5) is 8.78 Å². The highest BCUT2D eigenvalue weighted by Crippen LogP contribution is 2.29. The quantitative estimate of drug-likeness (QED) is 0.191. The summed E-state index contributed by atoms with van der Waals surface area (Å²) in [5.74, 6) is 1.13. The van der Waals surface area contributed by atoms with Crippen LogP contribution in [0.1, 0.15) is 92.2 Å². The summed E-state index contributed by atoms with van der Waals surface area (Å²) in [4.78, 5) is 0. The number of piperidine rings is 2. The zero-order valence-corrected chi connectivity index (χ0v) is 28.3. The minimum Gasteiger partial charge on any atom is -0.494 e. The van der Waals surface area contributed by atoms with Crippen LogP contribution in [-0.4, -0.2) is 59.5 Å². The fourth-order valence-corrected chi connectivity index (χ4v) is 6.70. The Balaban J connectivity index is 0.000000185. The molecule has 2 aromatic heterocycles. The van der Waals surface area contributed by atoms with Crippen LogP contribution in [0.15, 0.2) is 48.5 Å². The molecule has 0 saturated carbocycles. The van der Waals surface area contributed by atoms with Gasteiger partial charge in [0.2, 0.25) is 0 Å². The molecule has 0 radical (unpaired) electrons. The predicted octanol–water partition coefficient (Wildman–Crippen LogP) is 6.61. The molecule has 6 rings (SSSR count). The van der Waals surface area contributed by atoms with Crippen LogP contribution in [0.25, 0.3) is 0 Å². The van der Waals surface area contributed by atoms with E-state index in [9.17, 15) is 8.78 Å². The highest BCUT2D eigenvalue weighted by Gasteiger charge is 2.22. The molecule has 2 aliphatic heterocycles. The maximum atomic E-state index is 14.0. The van der Waals surface area contributed by atoms with Gasteiger partial charge in [-0.25, -0.2) is 8.78 Å². The lowest BCUT2D eigenvalue weighted by atomic mass is 9.94. The monoisotopic (exact) mass is 648 g/mol. The third kappa shape index (κ3) is 8.99. The molecule has 47 heavy (non-hydrogen) atoms. The third-order valence-electron chi connectivity index (χ3n) is 9.12. The van der Waals surface area contributed by atoms with Crippen molar-refractivity contribution in [2.24, 2.45) is 0 Å². The van der Waals surface area contributed by atoms with Crippen LogP contribution < -0.4 is 20.1 Å². The number of nitrogens with one attached hydrogen (secondary N) is 2. The van der Waals surface area contributed by atoms with Crippen molar-refractivity contribution in [3.8, 4) is 11.5 Å². The lowest BCUT2D eigenvalue weighted by molar-refractivity contribution is 0.321. The highest BCUT2D eigenvalue weighted by atomic mass is 19.1. The Labute approximate surface area is 277 Å². The number of methoxy groups -OCH3 is 1. The second kappa shape index (κ2) is 16.9. The van der Waals surface area contributed by atoms with Crippen molar-refractivity contribution < 1.29 is 18.3 Å². The van der Waals surface area contributed by atoms with E-state index in [1.54, 1.807) is 24.3 Å². The van der Waals surface area contributed by atoms with Crippen molar-refractivity contribution in [1.82, 2.24) is 30.2 Å². The first-order chi connectivity index (χ1) is 22.9. The van der Waals surface area contributed by atoms with Gasteiger partial charge in [-0.15, -0.1) is 0 Å². The van der Waals surface area contributed by atoms with Gasteiger partial charge in [0.05, 0.1) is 25.1 Å². The van der Waals surface area contributed by atoms with Crippen LogP contribution in [0.5, 0.6) is 11.5 Å². The molecular formula is C37H50F2N6O2. The maximum absolute atomic E-state index is 14.0. The number of hydrogen-bond acceptors (Lipinski definition) is 6. The van der Waals surface area contributed by atoms with Gasteiger partial charge in [-0.1, -0.05) is 12.1 Å². The van der Waals surface area contributed by atoms with E-state index in [0.29, 0.717) is 37.0 Å². The summed E-state index contributed by atoms with van der Waals surface area (Å²) in [6.07, 6.45) is 5.98. The molecule has 4 aromatic rings. The van der Waals surface area contributed by atoms with E-state index < -0.39 is 0 Å². The van der Waals surface area contributed by atoms with Crippen LogP contribution in [0, 0.1) is 11.6 Å². The summed E-state index contributed by atoms with van der Waals surface area (Å²) in [7, 11) is 1.49. The summed E-state index contributed by atoms with van der Waals surface area (Å²) in [5.41, 5.74) is 6.64. The third-order valence-corrected chi connectivity index (χ3v) is 9.12. The molecule has 254 valence electrons. The van der Waals surface area contributed by atoms with Gasteiger partial charge in [-0.05, 0) is 120 Å². The largest absolute Gasteiger partial charge is 0.494 e. The Morgan fingerprint density at radius 1 is 0.681 bits per heavy atom. The molecule has 2 aliphatic rings. The van der Waals surface area contributed by atoms with E-state index in [1.807, 2.05) is 13.0 Å². The second-order valence-electron chi connectivity index (χ2n) is 12.3. The molecule has 2 saturated heterocycles. The molecule has 8 nitrogen and oxygen atoms in total. The van der Waals surface area contributed by atoms with Crippen LogP contribution in [-0.2, 0) is 25.9 Å². The number of halogens is 2. The zero-order valence-electron chi connectivity index (χ0n) is 28.3. The molecule has 2 fully saturated rings. The number of aromatic nitrogens is 4. The van der Waals surface area contributed by atoms with Crippen molar-refractivity contribution in [2.75, 3.05) is 39.9 Å². The molecule has 0 atom stereocenters. The van der Waals surface area contributed by atoms with Gasteiger partial charge < -0.3 is 20.1 Å². The van der Waals surface area contributed by atoms with Crippen molar-refractivity contribution in [3.05, 3.63) is 94.1 Å². The number of aryl methyl sites for hydroxylation is 2. The lowest BCUT2D eigenvalue weighted by Gasteiger charge is -2.23. The second-order valence-corrected chi connectivity index (χ2v) is 12.3. The van der Waals surface area contributed by atoms with E-state index in [1.165, 1.54) is 24.6 Å². The number of ether oxygens (including phenoxy) is 2. The van der Waals surface area contributed by atoms with Gasteiger partial charge in [0.25, 0.3) is 0 Å². The number of hydrogen-bond donors (Lipinski definition) is 2. The highest BCUT2D eigenvalue weighted by molar-refractivity contribution is 5.34. The summed E-state index contributed by atoms with van der Waals surface area (Å²) < 4.78 is 42.1. The molecule has 0 unspecified atom stereocenters. The molecule has 2 N–H and O–H groups in total. The van der Waals surface area contributed by atoms with Crippen molar-refractivity contribution in [3.63, 3.8) is 0 Å². The fourth-order valence-electron chi connectivity index (χ4n) is 6.70. The van der Waals surface area contributed by atoms with Crippen LogP contribution in [0.3, 0.4) is 0 Å². The maximum Gasteiger partial charge on any atom is 0.165 e. The SMILES string of the molecule is CCOc1ccc(Cc2cc(C3CCNCC3)n(CC)n2)cc1F.CCn1nc(Cc2ccc(F)c(OC)c2)cc1C1CCNCC1. The summed E-state index contributed by atoms with van der Waals surface area (Å²) >= 11 is 0. The Morgan fingerprint density at radius 3 is 1.66 bits per heavy atom. The Morgan fingerprint density at radius 2 is 1.19 bits per heavy atom. The average Bonchev–Trinajstić information content (AvgIpc) is 3.71. The van der Waals surface area contributed by atoms with E-state index in [4.69, 9.17) is 19.7 Å². The van der Waals surface area contributed by atoms with Crippen molar-refractivity contribution in [2.45, 2.75) is 84.2 Å². The topological polar surface area (TPSA) is 78.2 Å². The number of nitrogens with zero attached hydrogens (tertiary/aromatic N) is 4. The molecule has 0 amide bonds. The summed E-state index contributed by atoms with van der Waals surface area (Å²) in [5, 5.41) is 16.3. The Kier molecular flexibility index (Phi) is 12.4. The zero-order chi connectivity index (χ0) is 33.2. The first-order valence-electron chi connectivity index (χ1n) is 17.2. The van der Waals surface area contributed by atoms with Gasteiger partial charge in [0, 0.05) is 49.2 Å². The minimum atomic E-state index is -0.328. The van der Waals surface area contributed by atoms with Gasteiger partial charge in [0.1, 0.15) is 0 Å². The normalized spacial score (nSPS) is 15.7. The average molecular weight is 649 g/mol. The van der Waals surface area contributed by atoms with Crippen LogP contribution in [0.2, 0.25) is 0 Å². The molecule has 0 bridgehead atoms. The molecule has 10 heteroatoms. The Hall–Kier alpha value is -3.76. The lowest BCUT2D eigenvalue weighted by Crippen LogP contribution is -2.27. The minimum absolute atomic E-state index is 0.288. The van der Waals surface area contributed by atoms with E-state index in [0.717, 1.165) is 87.5 Å². The molecule has 0 spiro atoms. The Bertz CT molecular complexity index is 1570. The molecule has 2 aromatic carbocycles. The number of rotatable bonds is 11. The van der Waals surface area contributed by atoms with E-state index in [-0.39, 0.29) is 17.4 Å².